The summed E-state index contributed by atoms with van der Waals surface area (Å²) < 4.78 is 4.96. The number of aryl methyl sites for hydroxylation is 1. The highest BCUT2D eigenvalue weighted by Gasteiger charge is 2.23. The lowest BCUT2D eigenvalue weighted by molar-refractivity contribution is -0.119. The van der Waals surface area contributed by atoms with Gasteiger partial charge in [0.15, 0.2) is 0 Å². The first kappa shape index (κ1) is 20.8. The molecule has 1 fully saturated rings. The number of hydrogen-bond acceptors (Lipinski definition) is 5. The zero-order valence-electron chi connectivity index (χ0n) is 17.1. The van der Waals surface area contributed by atoms with Gasteiger partial charge >= 0.3 is 0 Å². The maximum atomic E-state index is 13.3. The van der Waals surface area contributed by atoms with Crippen LogP contribution in [-0.2, 0) is 9.53 Å². The Labute approximate surface area is 171 Å². The Balaban J connectivity index is 1.80. The lowest BCUT2D eigenvalue weighted by atomic mass is 10.1. The zero-order valence-corrected chi connectivity index (χ0v) is 17.1. The minimum absolute atomic E-state index is 0.0682. The second kappa shape index (κ2) is 10.0. The Morgan fingerprint density at radius 3 is 2.59 bits per heavy atom. The van der Waals surface area contributed by atoms with Gasteiger partial charge in [0.2, 0.25) is 5.91 Å². The SMILES string of the molecule is COCCNC(=O)CN(C(=O)c1ccc(N2CCCC2)nc1)c1ccccc1C. The average Bonchev–Trinajstić information content (AvgIpc) is 3.27. The quantitative estimate of drug-likeness (QED) is 0.694. The van der Waals surface area contributed by atoms with Gasteiger partial charge in [-0.05, 0) is 43.5 Å². The van der Waals surface area contributed by atoms with Gasteiger partial charge in [-0.2, -0.15) is 0 Å². The third-order valence-electron chi connectivity index (χ3n) is 5.01. The van der Waals surface area contributed by atoms with Crippen molar-refractivity contribution in [3.63, 3.8) is 0 Å². The number of benzene rings is 1. The van der Waals surface area contributed by atoms with Gasteiger partial charge < -0.3 is 15.0 Å². The Morgan fingerprint density at radius 1 is 1.17 bits per heavy atom. The molecule has 0 saturated carbocycles. The van der Waals surface area contributed by atoms with E-state index in [9.17, 15) is 9.59 Å². The summed E-state index contributed by atoms with van der Waals surface area (Å²) in [6, 6.07) is 11.2. The molecule has 154 valence electrons. The molecule has 0 unspecified atom stereocenters. The monoisotopic (exact) mass is 396 g/mol. The number of pyridine rings is 1. The van der Waals surface area contributed by atoms with Gasteiger partial charge in [0, 0.05) is 38.6 Å². The van der Waals surface area contributed by atoms with Gasteiger partial charge in [-0.15, -0.1) is 0 Å². The van der Waals surface area contributed by atoms with Crippen LogP contribution >= 0.6 is 0 Å². The van der Waals surface area contributed by atoms with E-state index in [0.717, 1.165) is 24.5 Å². The summed E-state index contributed by atoms with van der Waals surface area (Å²) in [4.78, 5) is 33.9. The summed E-state index contributed by atoms with van der Waals surface area (Å²) in [6.07, 6.45) is 3.94. The van der Waals surface area contributed by atoms with Crippen molar-refractivity contribution in [2.24, 2.45) is 0 Å². The zero-order chi connectivity index (χ0) is 20.6. The molecule has 1 N–H and O–H groups in total. The number of aromatic nitrogens is 1. The van der Waals surface area contributed by atoms with Gasteiger partial charge in [-0.3, -0.25) is 14.5 Å². The van der Waals surface area contributed by atoms with E-state index in [1.54, 1.807) is 19.4 Å². The molecular weight excluding hydrogens is 368 g/mol. The Hall–Kier alpha value is -2.93. The minimum atomic E-state index is -0.248. The van der Waals surface area contributed by atoms with Crippen LogP contribution in [0.1, 0.15) is 28.8 Å². The molecule has 1 aromatic heterocycles. The van der Waals surface area contributed by atoms with Crippen molar-refractivity contribution in [2.75, 3.05) is 49.7 Å². The van der Waals surface area contributed by atoms with Crippen LogP contribution in [0.15, 0.2) is 42.6 Å². The molecule has 0 aliphatic carbocycles. The summed E-state index contributed by atoms with van der Waals surface area (Å²) in [5, 5.41) is 2.78. The molecule has 0 bridgehead atoms. The lowest BCUT2D eigenvalue weighted by Gasteiger charge is -2.24. The highest BCUT2D eigenvalue weighted by atomic mass is 16.5. The van der Waals surface area contributed by atoms with Crippen LogP contribution in [0.4, 0.5) is 11.5 Å². The largest absolute Gasteiger partial charge is 0.383 e. The van der Waals surface area contributed by atoms with E-state index in [-0.39, 0.29) is 18.4 Å². The van der Waals surface area contributed by atoms with Crippen molar-refractivity contribution in [1.29, 1.82) is 0 Å². The fraction of sp³-hybridized carbons (Fsp3) is 0.409. The third kappa shape index (κ3) is 5.32. The molecule has 1 aromatic carbocycles. The standard InChI is InChI=1S/C22H28N4O3/c1-17-7-3-4-8-19(17)26(16-21(27)23-11-14-29-2)22(28)18-9-10-20(24-15-18)25-12-5-6-13-25/h3-4,7-10,15H,5-6,11-14,16H2,1-2H3,(H,23,27). The number of carbonyl (C=O) groups excluding carboxylic acids is 2. The predicted molar refractivity (Wildman–Crippen MR) is 113 cm³/mol. The third-order valence-corrected chi connectivity index (χ3v) is 5.01. The number of methoxy groups -OCH3 is 1. The molecule has 1 aliphatic rings. The Morgan fingerprint density at radius 2 is 1.93 bits per heavy atom. The Bertz CT molecular complexity index is 832. The maximum absolute atomic E-state index is 13.3. The van der Waals surface area contributed by atoms with Crippen LogP contribution in [0.2, 0.25) is 0 Å². The molecule has 2 amide bonds. The van der Waals surface area contributed by atoms with E-state index in [1.165, 1.54) is 17.7 Å². The normalized spacial score (nSPS) is 13.4. The van der Waals surface area contributed by atoms with E-state index in [2.05, 4.69) is 15.2 Å². The van der Waals surface area contributed by atoms with Crippen molar-refractivity contribution < 1.29 is 14.3 Å². The highest BCUT2D eigenvalue weighted by molar-refractivity contribution is 6.09. The fourth-order valence-electron chi connectivity index (χ4n) is 3.43. The van der Waals surface area contributed by atoms with Gasteiger partial charge in [0.25, 0.3) is 5.91 Å². The highest BCUT2D eigenvalue weighted by Crippen LogP contribution is 2.23. The molecule has 2 heterocycles. The molecule has 7 heteroatoms. The molecule has 2 aromatic rings. The minimum Gasteiger partial charge on any atom is -0.383 e. The second-order valence-electron chi connectivity index (χ2n) is 7.12. The molecule has 1 saturated heterocycles. The van der Waals surface area contributed by atoms with E-state index in [0.29, 0.717) is 24.4 Å². The van der Waals surface area contributed by atoms with E-state index >= 15 is 0 Å². The van der Waals surface area contributed by atoms with Gasteiger partial charge in [-0.25, -0.2) is 4.98 Å². The topological polar surface area (TPSA) is 74.8 Å². The number of nitrogens with one attached hydrogen (secondary N) is 1. The summed E-state index contributed by atoms with van der Waals surface area (Å²) >= 11 is 0. The first-order chi connectivity index (χ1) is 14.1. The second-order valence-corrected chi connectivity index (χ2v) is 7.12. The van der Waals surface area contributed by atoms with E-state index in [4.69, 9.17) is 4.74 Å². The van der Waals surface area contributed by atoms with Crippen LogP contribution in [0.3, 0.4) is 0 Å². The number of anilines is 2. The van der Waals surface area contributed by atoms with Crippen LogP contribution in [-0.4, -0.2) is 56.7 Å². The van der Waals surface area contributed by atoms with Crippen LogP contribution in [0.5, 0.6) is 0 Å². The molecular formula is C22H28N4O3. The smallest absolute Gasteiger partial charge is 0.260 e. The number of carbonyl (C=O) groups is 2. The lowest BCUT2D eigenvalue weighted by Crippen LogP contribution is -2.42. The van der Waals surface area contributed by atoms with E-state index < -0.39 is 0 Å². The maximum Gasteiger partial charge on any atom is 0.260 e. The van der Waals surface area contributed by atoms with Crippen LogP contribution in [0.25, 0.3) is 0 Å². The van der Waals surface area contributed by atoms with Crippen LogP contribution < -0.4 is 15.1 Å². The van der Waals surface area contributed by atoms with Gasteiger partial charge in [-0.1, -0.05) is 18.2 Å². The van der Waals surface area contributed by atoms with Crippen LogP contribution in [0, 0.1) is 6.92 Å². The molecule has 0 radical (unpaired) electrons. The molecule has 0 atom stereocenters. The average molecular weight is 396 g/mol. The molecule has 3 rings (SSSR count). The summed E-state index contributed by atoms with van der Waals surface area (Å²) in [6.45, 7) is 4.67. The fourth-order valence-corrected chi connectivity index (χ4v) is 3.43. The summed E-state index contributed by atoms with van der Waals surface area (Å²) in [5.41, 5.74) is 2.09. The number of ether oxygens (including phenoxy) is 1. The van der Waals surface area contributed by atoms with Crippen molar-refractivity contribution in [1.82, 2.24) is 10.3 Å². The molecule has 29 heavy (non-hydrogen) atoms. The number of para-hydroxylation sites is 1. The first-order valence-corrected chi connectivity index (χ1v) is 9.94. The molecule has 1 aliphatic heterocycles. The number of hydrogen-bond donors (Lipinski definition) is 1. The van der Waals surface area contributed by atoms with Crippen molar-refractivity contribution in [3.8, 4) is 0 Å². The molecule has 7 nitrogen and oxygen atoms in total. The van der Waals surface area contributed by atoms with Crippen molar-refractivity contribution >= 4 is 23.3 Å². The Kier molecular flexibility index (Phi) is 7.19. The van der Waals surface area contributed by atoms with Gasteiger partial charge in [0.1, 0.15) is 12.4 Å². The van der Waals surface area contributed by atoms with Gasteiger partial charge in [0.05, 0.1) is 12.2 Å². The predicted octanol–water partition coefficient (Wildman–Crippen LogP) is 2.40. The summed E-state index contributed by atoms with van der Waals surface area (Å²) in [7, 11) is 1.58. The number of nitrogens with zero attached hydrogens (tertiary/aromatic N) is 3. The number of amides is 2. The first-order valence-electron chi connectivity index (χ1n) is 9.94. The number of rotatable bonds is 8. The van der Waals surface area contributed by atoms with Crippen molar-refractivity contribution in [3.05, 3.63) is 53.7 Å². The van der Waals surface area contributed by atoms with E-state index in [1.807, 2.05) is 37.3 Å². The molecule has 0 spiro atoms. The summed E-state index contributed by atoms with van der Waals surface area (Å²) in [5.74, 6) is 0.403. The van der Waals surface area contributed by atoms with Crippen molar-refractivity contribution in [2.45, 2.75) is 19.8 Å².